The summed E-state index contributed by atoms with van der Waals surface area (Å²) in [6.07, 6.45) is 3.90. The molecule has 0 radical (unpaired) electrons. The molecule has 0 spiro atoms. The van der Waals surface area contributed by atoms with Crippen LogP contribution in [-0.2, 0) is 17.7 Å². The summed E-state index contributed by atoms with van der Waals surface area (Å²) in [5.74, 6) is -3.07. The molecule has 1 unspecified atom stereocenters. The first-order valence-electron chi connectivity index (χ1n) is 10.4. The highest BCUT2D eigenvalue weighted by Gasteiger charge is 2.19. The quantitative estimate of drug-likeness (QED) is 0.233. The fourth-order valence-electron chi connectivity index (χ4n) is 3.47. The van der Waals surface area contributed by atoms with Crippen LogP contribution in [0.1, 0.15) is 33.6 Å². The number of benzene rings is 2. The number of carbonyl (C=O) groups excluding carboxylic acids is 1. The van der Waals surface area contributed by atoms with Crippen molar-refractivity contribution in [1.29, 1.82) is 0 Å². The molecule has 174 valence electrons. The van der Waals surface area contributed by atoms with Gasteiger partial charge in [-0.05, 0) is 67.8 Å². The van der Waals surface area contributed by atoms with Crippen LogP contribution in [-0.4, -0.2) is 36.0 Å². The van der Waals surface area contributed by atoms with E-state index >= 15 is 0 Å². The molecule has 0 aliphatic heterocycles. The SMILES string of the molecule is Cc1ccc(-c2cnc3ccc(C(=O)c4cc(CCCNS(=O)[O-])cc(F)c4F)cc3n2)cn1. The number of rotatable bonds is 8. The summed E-state index contributed by atoms with van der Waals surface area (Å²) < 4.78 is 52.0. The second-order valence-corrected chi connectivity index (χ2v) is 8.41. The summed E-state index contributed by atoms with van der Waals surface area (Å²) in [5, 5.41) is 0. The maximum Gasteiger partial charge on any atom is 0.196 e. The van der Waals surface area contributed by atoms with Gasteiger partial charge in [0.25, 0.3) is 0 Å². The number of hydrogen-bond acceptors (Lipinski definition) is 6. The lowest BCUT2D eigenvalue weighted by atomic mass is 9.98. The number of hydrogen-bond donors (Lipinski definition) is 1. The van der Waals surface area contributed by atoms with Gasteiger partial charge in [-0.3, -0.25) is 19.0 Å². The van der Waals surface area contributed by atoms with E-state index in [-0.39, 0.29) is 18.5 Å². The number of pyridine rings is 1. The summed E-state index contributed by atoms with van der Waals surface area (Å²) in [6, 6.07) is 10.6. The minimum absolute atomic E-state index is 0.139. The monoisotopic (exact) mass is 481 g/mol. The molecule has 0 aliphatic rings. The lowest BCUT2D eigenvalue weighted by Crippen LogP contribution is -2.18. The zero-order valence-corrected chi connectivity index (χ0v) is 18.9. The zero-order valence-electron chi connectivity index (χ0n) is 18.0. The van der Waals surface area contributed by atoms with Crippen LogP contribution >= 0.6 is 0 Å². The third kappa shape index (κ3) is 5.36. The molecule has 7 nitrogen and oxygen atoms in total. The Hall–Kier alpha value is -3.47. The topological polar surface area (TPSA) is 108 Å². The van der Waals surface area contributed by atoms with Gasteiger partial charge in [-0.1, -0.05) is 0 Å². The van der Waals surface area contributed by atoms with E-state index in [1.54, 1.807) is 18.5 Å². The molecule has 2 aromatic heterocycles. The Morgan fingerprint density at radius 1 is 1.06 bits per heavy atom. The van der Waals surface area contributed by atoms with Crippen molar-refractivity contribution in [1.82, 2.24) is 19.7 Å². The molecule has 0 bridgehead atoms. The molecule has 4 aromatic rings. The Kier molecular flexibility index (Phi) is 7.11. The van der Waals surface area contributed by atoms with E-state index in [0.29, 0.717) is 28.7 Å². The molecular formula is C24H19F2N4O3S-. The fourth-order valence-corrected chi connectivity index (χ4v) is 3.78. The van der Waals surface area contributed by atoms with E-state index in [0.717, 1.165) is 17.3 Å². The van der Waals surface area contributed by atoms with Crippen molar-refractivity contribution in [2.24, 2.45) is 0 Å². The van der Waals surface area contributed by atoms with Crippen molar-refractivity contribution in [3.8, 4) is 11.3 Å². The standard InChI is InChI=1S/C24H20F2N4O3S/c1-14-4-5-17(12-27-14)22-13-28-20-7-6-16(11-21(20)30-22)24(31)18-9-15(10-19(25)23(18)26)3-2-8-29-34(32)33/h4-7,9-13,29H,2-3,8H2,1H3,(H,32,33)/p-1. The van der Waals surface area contributed by atoms with Gasteiger partial charge in [0.1, 0.15) is 0 Å². The highest BCUT2D eigenvalue weighted by Crippen LogP contribution is 2.23. The molecule has 4 rings (SSSR count). The molecular weight excluding hydrogens is 462 g/mol. The minimum atomic E-state index is -2.40. The van der Waals surface area contributed by atoms with Gasteiger partial charge in [-0.25, -0.2) is 18.5 Å². The average molecular weight is 482 g/mol. The van der Waals surface area contributed by atoms with Gasteiger partial charge in [-0.15, -0.1) is 0 Å². The van der Waals surface area contributed by atoms with Crippen LogP contribution in [0.25, 0.3) is 22.3 Å². The molecule has 0 aliphatic carbocycles. The average Bonchev–Trinajstić information content (AvgIpc) is 2.83. The zero-order chi connectivity index (χ0) is 24.2. The summed E-state index contributed by atoms with van der Waals surface area (Å²) in [6.45, 7) is 2.01. The predicted octanol–water partition coefficient (Wildman–Crippen LogP) is 3.83. The summed E-state index contributed by atoms with van der Waals surface area (Å²) in [7, 11) is 0. The van der Waals surface area contributed by atoms with Crippen LogP contribution in [0.5, 0.6) is 0 Å². The summed E-state index contributed by atoms with van der Waals surface area (Å²) in [5.41, 5.74) is 3.28. The van der Waals surface area contributed by atoms with Crippen molar-refractivity contribution in [2.75, 3.05) is 6.54 Å². The first-order chi connectivity index (χ1) is 16.3. The summed E-state index contributed by atoms with van der Waals surface area (Å²) in [4.78, 5) is 26.2. The van der Waals surface area contributed by atoms with Crippen LogP contribution in [0.3, 0.4) is 0 Å². The minimum Gasteiger partial charge on any atom is -0.760 e. The molecule has 34 heavy (non-hydrogen) atoms. The smallest absolute Gasteiger partial charge is 0.196 e. The van der Waals surface area contributed by atoms with Gasteiger partial charge in [-0.2, -0.15) is 0 Å². The molecule has 0 saturated carbocycles. The van der Waals surface area contributed by atoms with E-state index in [1.165, 1.54) is 18.2 Å². The highest BCUT2D eigenvalue weighted by molar-refractivity contribution is 7.77. The largest absolute Gasteiger partial charge is 0.760 e. The van der Waals surface area contributed by atoms with E-state index < -0.39 is 34.2 Å². The number of ketones is 1. The van der Waals surface area contributed by atoms with Crippen molar-refractivity contribution in [2.45, 2.75) is 19.8 Å². The number of carbonyl (C=O) groups is 1. The van der Waals surface area contributed by atoms with Crippen LogP contribution in [0.2, 0.25) is 0 Å². The van der Waals surface area contributed by atoms with Crippen LogP contribution in [0.4, 0.5) is 8.78 Å². The Labute approximate surface area is 196 Å². The molecule has 10 heteroatoms. The van der Waals surface area contributed by atoms with E-state index in [9.17, 15) is 22.3 Å². The van der Waals surface area contributed by atoms with Crippen molar-refractivity contribution >= 4 is 28.1 Å². The first-order valence-corrected chi connectivity index (χ1v) is 11.4. The predicted molar refractivity (Wildman–Crippen MR) is 123 cm³/mol. The maximum absolute atomic E-state index is 14.5. The van der Waals surface area contributed by atoms with Crippen molar-refractivity contribution in [3.63, 3.8) is 0 Å². The highest BCUT2D eigenvalue weighted by atomic mass is 32.2. The Balaban J connectivity index is 1.63. The number of aryl methyl sites for hydroxylation is 2. The number of nitrogens with one attached hydrogen (secondary N) is 1. The number of halogens is 2. The van der Waals surface area contributed by atoms with Gasteiger partial charge in [0.15, 0.2) is 17.4 Å². The molecule has 0 saturated heterocycles. The van der Waals surface area contributed by atoms with Crippen LogP contribution in [0.15, 0.2) is 54.9 Å². The Morgan fingerprint density at radius 3 is 2.62 bits per heavy atom. The van der Waals surface area contributed by atoms with Crippen molar-refractivity contribution in [3.05, 3.63) is 88.9 Å². The van der Waals surface area contributed by atoms with Gasteiger partial charge < -0.3 is 4.55 Å². The van der Waals surface area contributed by atoms with Crippen LogP contribution < -0.4 is 4.72 Å². The third-order valence-electron chi connectivity index (χ3n) is 5.21. The van der Waals surface area contributed by atoms with Gasteiger partial charge in [0.05, 0.1) is 28.5 Å². The summed E-state index contributed by atoms with van der Waals surface area (Å²) >= 11 is -2.40. The lowest BCUT2D eigenvalue weighted by molar-refractivity contribution is 0.103. The fraction of sp³-hybridized carbons (Fsp3) is 0.167. The number of aromatic nitrogens is 3. The van der Waals surface area contributed by atoms with E-state index in [2.05, 4.69) is 19.7 Å². The van der Waals surface area contributed by atoms with Gasteiger partial charge in [0.2, 0.25) is 0 Å². The molecule has 0 amide bonds. The van der Waals surface area contributed by atoms with Crippen LogP contribution in [0, 0.1) is 18.6 Å². The van der Waals surface area contributed by atoms with Gasteiger partial charge in [0, 0.05) is 40.8 Å². The third-order valence-corrected chi connectivity index (χ3v) is 5.65. The second kappa shape index (κ2) is 10.2. The first kappa shape index (κ1) is 23.7. The Morgan fingerprint density at radius 2 is 1.88 bits per heavy atom. The molecule has 1 N–H and O–H groups in total. The molecule has 0 fully saturated rings. The molecule has 1 atom stereocenters. The number of fused-ring (bicyclic) bond motifs is 1. The van der Waals surface area contributed by atoms with E-state index in [4.69, 9.17) is 0 Å². The normalized spacial score (nSPS) is 12.1. The molecule has 2 heterocycles. The number of nitrogens with zero attached hydrogens (tertiary/aromatic N) is 3. The van der Waals surface area contributed by atoms with Gasteiger partial charge >= 0.3 is 0 Å². The van der Waals surface area contributed by atoms with E-state index in [1.807, 2.05) is 19.1 Å². The van der Waals surface area contributed by atoms with Crippen molar-refractivity contribution < 1.29 is 22.3 Å². The second-order valence-electron chi connectivity index (χ2n) is 7.65. The Bertz CT molecular complexity index is 1400. The molecule has 2 aromatic carbocycles. The lowest BCUT2D eigenvalue weighted by Gasteiger charge is -2.10. The maximum atomic E-state index is 14.5.